The molecule has 5 heteroatoms. The van der Waals surface area contributed by atoms with Gasteiger partial charge in [-0.05, 0) is 19.1 Å². The minimum atomic E-state index is -0.292. The van der Waals surface area contributed by atoms with Crippen molar-refractivity contribution in [2.75, 3.05) is 5.32 Å². The number of nitrogens with zero attached hydrogens (tertiary/aromatic N) is 1. The van der Waals surface area contributed by atoms with Gasteiger partial charge in [0.15, 0.2) is 10.9 Å². The van der Waals surface area contributed by atoms with Crippen LogP contribution >= 0.6 is 11.3 Å². The van der Waals surface area contributed by atoms with Gasteiger partial charge in [-0.3, -0.25) is 10.1 Å². The summed E-state index contributed by atoms with van der Waals surface area (Å²) < 4.78 is 5.04. The molecule has 2 heterocycles. The Labute approximate surface area is 120 Å². The molecule has 0 atom stereocenters. The van der Waals surface area contributed by atoms with E-state index in [0.717, 1.165) is 11.3 Å². The zero-order chi connectivity index (χ0) is 13.9. The number of aryl methyl sites for hydroxylation is 1. The zero-order valence-electron chi connectivity index (χ0n) is 10.8. The number of thiazole rings is 1. The van der Waals surface area contributed by atoms with Crippen molar-refractivity contribution in [3.8, 4) is 11.3 Å². The average molecular weight is 284 g/mol. The van der Waals surface area contributed by atoms with E-state index in [4.69, 9.17) is 4.42 Å². The van der Waals surface area contributed by atoms with E-state index in [9.17, 15) is 4.79 Å². The molecule has 20 heavy (non-hydrogen) atoms. The smallest absolute Gasteiger partial charge is 0.293 e. The molecule has 0 spiro atoms. The van der Waals surface area contributed by atoms with Crippen molar-refractivity contribution in [3.05, 3.63) is 59.4 Å². The number of carbonyl (C=O) groups excluding carboxylic acids is 1. The van der Waals surface area contributed by atoms with E-state index in [-0.39, 0.29) is 11.7 Å². The first-order valence-electron chi connectivity index (χ1n) is 6.10. The zero-order valence-corrected chi connectivity index (χ0v) is 11.6. The number of carbonyl (C=O) groups is 1. The molecule has 0 aliphatic heterocycles. The van der Waals surface area contributed by atoms with E-state index < -0.39 is 0 Å². The van der Waals surface area contributed by atoms with Crippen LogP contribution in [0.5, 0.6) is 0 Å². The predicted octanol–water partition coefficient (Wildman–Crippen LogP) is 3.96. The summed E-state index contributed by atoms with van der Waals surface area (Å²) in [6.07, 6.45) is 1.47. The molecule has 3 rings (SSSR count). The van der Waals surface area contributed by atoms with Crippen LogP contribution < -0.4 is 5.32 Å². The lowest BCUT2D eigenvalue weighted by molar-refractivity contribution is 0.0996. The van der Waals surface area contributed by atoms with Crippen molar-refractivity contribution >= 4 is 22.4 Å². The molecule has 1 aromatic carbocycles. The molecule has 1 amide bonds. The van der Waals surface area contributed by atoms with Crippen molar-refractivity contribution in [1.29, 1.82) is 0 Å². The monoisotopic (exact) mass is 284 g/mol. The van der Waals surface area contributed by atoms with E-state index in [1.807, 2.05) is 36.6 Å². The molecule has 0 radical (unpaired) electrons. The average Bonchev–Trinajstić information content (AvgIpc) is 3.10. The van der Waals surface area contributed by atoms with Crippen LogP contribution in [0.2, 0.25) is 0 Å². The van der Waals surface area contributed by atoms with Gasteiger partial charge in [-0.2, -0.15) is 0 Å². The molecule has 0 saturated heterocycles. The first-order valence-corrected chi connectivity index (χ1v) is 6.98. The maximum absolute atomic E-state index is 11.8. The van der Waals surface area contributed by atoms with Gasteiger partial charge in [0.05, 0.1) is 12.0 Å². The largest absolute Gasteiger partial charge is 0.459 e. The summed E-state index contributed by atoms with van der Waals surface area (Å²) in [6, 6.07) is 11.4. The molecule has 0 fully saturated rings. The maximum Gasteiger partial charge on any atom is 0.293 e. The molecule has 1 N–H and O–H groups in total. The van der Waals surface area contributed by atoms with E-state index >= 15 is 0 Å². The first-order chi connectivity index (χ1) is 9.72. The second-order valence-electron chi connectivity index (χ2n) is 4.34. The lowest BCUT2D eigenvalue weighted by atomic mass is 10.1. The number of rotatable bonds is 3. The number of benzene rings is 1. The third-order valence-electron chi connectivity index (χ3n) is 2.82. The second-order valence-corrected chi connectivity index (χ2v) is 5.19. The summed E-state index contributed by atoms with van der Waals surface area (Å²) in [6.45, 7) is 2.04. The molecule has 0 aliphatic carbocycles. The molecule has 0 aliphatic rings. The quantitative estimate of drug-likeness (QED) is 0.792. The van der Waals surface area contributed by atoms with E-state index in [0.29, 0.717) is 5.13 Å². The molecule has 2 aromatic heterocycles. The summed E-state index contributed by atoms with van der Waals surface area (Å²) in [5, 5.41) is 5.20. The normalized spacial score (nSPS) is 10.4. The number of nitrogens with one attached hydrogen (secondary N) is 1. The third kappa shape index (κ3) is 2.62. The summed E-state index contributed by atoms with van der Waals surface area (Å²) in [5.41, 5.74) is 3.09. The highest BCUT2D eigenvalue weighted by molar-refractivity contribution is 7.14. The number of amides is 1. The predicted molar refractivity (Wildman–Crippen MR) is 78.9 cm³/mol. The SMILES string of the molecule is Cc1ccc(-c2csc(NC(=O)c3ccco3)n2)cc1. The molecule has 0 bridgehead atoms. The minimum absolute atomic E-state index is 0.275. The van der Waals surface area contributed by atoms with Crippen molar-refractivity contribution in [3.63, 3.8) is 0 Å². The first kappa shape index (κ1) is 12.6. The Morgan fingerprint density at radius 2 is 2.05 bits per heavy atom. The number of anilines is 1. The Morgan fingerprint density at radius 1 is 1.25 bits per heavy atom. The topological polar surface area (TPSA) is 55.1 Å². The fourth-order valence-electron chi connectivity index (χ4n) is 1.75. The maximum atomic E-state index is 11.8. The fraction of sp³-hybridized carbons (Fsp3) is 0.0667. The Balaban J connectivity index is 1.77. The molecule has 0 unspecified atom stereocenters. The van der Waals surface area contributed by atoms with Crippen LogP contribution in [0.25, 0.3) is 11.3 Å². The van der Waals surface area contributed by atoms with Gasteiger partial charge in [0.1, 0.15) is 0 Å². The standard InChI is InChI=1S/C15H12N2O2S/c1-10-4-6-11(7-5-10)12-9-20-15(16-12)17-14(18)13-3-2-8-19-13/h2-9H,1H3,(H,16,17,18). The Morgan fingerprint density at radius 3 is 2.75 bits per heavy atom. The van der Waals surface area contributed by atoms with Crippen LogP contribution in [0.15, 0.2) is 52.5 Å². The van der Waals surface area contributed by atoms with Crippen molar-refractivity contribution in [2.45, 2.75) is 6.92 Å². The molecular weight excluding hydrogens is 272 g/mol. The Kier molecular flexibility index (Phi) is 3.35. The van der Waals surface area contributed by atoms with Gasteiger partial charge in [0.25, 0.3) is 5.91 Å². The van der Waals surface area contributed by atoms with Gasteiger partial charge in [0.2, 0.25) is 0 Å². The Hall–Kier alpha value is -2.40. The lowest BCUT2D eigenvalue weighted by Crippen LogP contribution is -2.10. The van der Waals surface area contributed by atoms with E-state index in [2.05, 4.69) is 10.3 Å². The lowest BCUT2D eigenvalue weighted by Gasteiger charge is -1.98. The number of hydrogen-bond donors (Lipinski definition) is 1. The van der Waals surface area contributed by atoms with Gasteiger partial charge >= 0.3 is 0 Å². The minimum Gasteiger partial charge on any atom is -0.459 e. The summed E-state index contributed by atoms with van der Waals surface area (Å²) >= 11 is 1.39. The van der Waals surface area contributed by atoms with Crippen LogP contribution in [-0.4, -0.2) is 10.9 Å². The van der Waals surface area contributed by atoms with Crippen LogP contribution in [0.1, 0.15) is 16.1 Å². The number of aromatic nitrogens is 1. The van der Waals surface area contributed by atoms with Gasteiger partial charge in [-0.15, -0.1) is 11.3 Å². The van der Waals surface area contributed by atoms with Gasteiger partial charge in [0, 0.05) is 10.9 Å². The van der Waals surface area contributed by atoms with Crippen molar-refractivity contribution in [1.82, 2.24) is 4.98 Å². The van der Waals surface area contributed by atoms with Crippen LogP contribution in [0, 0.1) is 6.92 Å². The molecule has 4 nitrogen and oxygen atoms in total. The molecule has 0 saturated carbocycles. The summed E-state index contributed by atoms with van der Waals surface area (Å²) in [5.74, 6) is -0.0168. The van der Waals surface area contributed by atoms with Gasteiger partial charge in [-0.1, -0.05) is 29.8 Å². The highest BCUT2D eigenvalue weighted by atomic mass is 32.1. The molecular formula is C15H12N2O2S. The fourth-order valence-corrected chi connectivity index (χ4v) is 2.47. The van der Waals surface area contributed by atoms with Crippen molar-refractivity contribution < 1.29 is 9.21 Å². The van der Waals surface area contributed by atoms with Crippen LogP contribution in [0.3, 0.4) is 0 Å². The number of hydrogen-bond acceptors (Lipinski definition) is 4. The van der Waals surface area contributed by atoms with E-state index in [1.54, 1.807) is 12.1 Å². The highest BCUT2D eigenvalue weighted by Gasteiger charge is 2.11. The summed E-state index contributed by atoms with van der Waals surface area (Å²) in [7, 11) is 0. The number of furan rings is 1. The third-order valence-corrected chi connectivity index (χ3v) is 3.57. The van der Waals surface area contributed by atoms with Gasteiger partial charge < -0.3 is 4.42 Å². The second kappa shape index (κ2) is 5.30. The van der Waals surface area contributed by atoms with E-state index in [1.165, 1.54) is 23.2 Å². The van der Waals surface area contributed by atoms with Crippen LogP contribution in [0.4, 0.5) is 5.13 Å². The van der Waals surface area contributed by atoms with Crippen molar-refractivity contribution in [2.24, 2.45) is 0 Å². The Bertz CT molecular complexity index is 715. The highest BCUT2D eigenvalue weighted by Crippen LogP contribution is 2.25. The van der Waals surface area contributed by atoms with Gasteiger partial charge in [-0.25, -0.2) is 4.98 Å². The van der Waals surface area contributed by atoms with Crippen LogP contribution in [-0.2, 0) is 0 Å². The molecule has 3 aromatic rings. The molecule has 100 valence electrons. The summed E-state index contributed by atoms with van der Waals surface area (Å²) in [4.78, 5) is 16.2.